The summed E-state index contributed by atoms with van der Waals surface area (Å²) in [6.45, 7) is 7.78. The van der Waals surface area contributed by atoms with Crippen molar-refractivity contribution in [2.45, 2.75) is 37.9 Å². The average Bonchev–Trinajstić information content (AvgIpc) is 3.02. The molecule has 1 aromatic rings. The van der Waals surface area contributed by atoms with Crippen molar-refractivity contribution in [2.24, 2.45) is 0 Å². The monoisotopic (exact) mass is 370 g/mol. The smallest absolute Gasteiger partial charge is 0.251 e. The van der Waals surface area contributed by atoms with Gasteiger partial charge in [-0.3, -0.25) is 4.79 Å². The number of carbonyl (C=O) groups excluding carboxylic acids is 1. The maximum absolute atomic E-state index is 12.4. The first-order chi connectivity index (χ1) is 11.8. The highest BCUT2D eigenvalue weighted by molar-refractivity contribution is 7.89. The van der Waals surface area contributed by atoms with Crippen molar-refractivity contribution in [1.82, 2.24) is 9.62 Å². The summed E-state index contributed by atoms with van der Waals surface area (Å²) in [7, 11) is -3.51. The Morgan fingerprint density at radius 2 is 1.72 bits per heavy atom. The normalized spacial score (nSPS) is 17.0. The molecule has 7 nitrogen and oxygen atoms in total. The van der Waals surface area contributed by atoms with Crippen LogP contribution in [-0.4, -0.2) is 57.3 Å². The summed E-state index contributed by atoms with van der Waals surface area (Å²) >= 11 is 0. The van der Waals surface area contributed by atoms with Gasteiger partial charge in [0.05, 0.1) is 18.1 Å². The molecule has 1 aliphatic rings. The van der Waals surface area contributed by atoms with Crippen LogP contribution < -0.4 is 5.32 Å². The minimum atomic E-state index is -3.51. The van der Waals surface area contributed by atoms with E-state index in [-0.39, 0.29) is 10.8 Å². The van der Waals surface area contributed by atoms with E-state index < -0.39 is 15.8 Å². The van der Waals surface area contributed by atoms with E-state index in [1.165, 1.54) is 28.6 Å². The van der Waals surface area contributed by atoms with Crippen LogP contribution in [0.2, 0.25) is 0 Å². The van der Waals surface area contributed by atoms with Crippen molar-refractivity contribution in [3.63, 3.8) is 0 Å². The van der Waals surface area contributed by atoms with E-state index in [0.29, 0.717) is 44.8 Å². The summed E-state index contributed by atoms with van der Waals surface area (Å²) in [4.78, 5) is 12.4. The second-order valence-electron chi connectivity index (χ2n) is 5.95. The number of hydrogen-bond acceptors (Lipinski definition) is 5. The van der Waals surface area contributed by atoms with Crippen molar-refractivity contribution in [3.05, 3.63) is 29.8 Å². The number of carbonyl (C=O) groups is 1. The van der Waals surface area contributed by atoms with Gasteiger partial charge in [0.1, 0.15) is 0 Å². The molecule has 0 spiro atoms. The molecule has 8 heteroatoms. The molecule has 0 atom stereocenters. The van der Waals surface area contributed by atoms with Crippen molar-refractivity contribution in [2.75, 3.05) is 32.8 Å². The number of nitrogens with one attached hydrogen (secondary N) is 1. The molecule has 0 unspecified atom stereocenters. The van der Waals surface area contributed by atoms with Gasteiger partial charge < -0.3 is 14.8 Å². The van der Waals surface area contributed by atoms with Crippen molar-refractivity contribution in [3.8, 4) is 0 Å². The number of rotatable bonds is 8. The standard InChI is InChI=1S/C17H26N2O5S/c1-4-19(5-2)25(21,22)15-8-6-14(7-9-15)16(20)18-11-10-17(3)23-12-13-24-17/h6-9H,4-5,10-13H2,1-3H3,(H,18,20). The number of sulfonamides is 1. The Morgan fingerprint density at radius 3 is 2.24 bits per heavy atom. The summed E-state index contributed by atoms with van der Waals surface area (Å²) in [5.74, 6) is -0.900. The van der Waals surface area contributed by atoms with E-state index in [1.807, 2.05) is 6.92 Å². The first kappa shape index (κ1) is 19.8. The molecule has 0 saturated carbocycles. The molecular weight excluding hydrogens is 344 g/mol. The van der Waals surface area contributed by atoms with Crippen LogP contribution in [-0.2, 0) is 19.5 Å². The first-order valence-corrected chi connectivity index (χ1v) is 9.92. The first-order valence-electron chi connectivity index (χ1n) is 8.48. The molecule has 140 valence electrons. The Morgan fingerprint density at radius 1 is 1.16 bits per heavy atom. The number of hydrogen-bond donors (Lipinski definition) is 1. The molecule has 1 aromatic carbocycles. The van der Waals surface area contributed by atoms with Gasteiger partial charge >= 0.3 is 0 Å². The lowest BCUT2D eigenvalue weighted by Crippen LogP contribution is -2.33. The lowest BCUT2D eigenvalue weighted by atomic mass is 10.2. The maximum Gasteiger partial charge on any atom is 0.251 e. The molecule has 0 radical (unpaired) electrons. The fourth-order valence-electron chi connectivity index (χ4n) is 2.70. The third kappa shape index (κ3) is 4.78. The summed E-state index contributed by atoms with van der Waals surface area (Å²) in [5, 5.41) is 2.80. The predicted molar refractivity (Wildman–Crippen MR) is 93.8 cm³/mol. The highest BCUT2D eigenvalue weighted by Crippen LogP contribution is 2.21. The summed E-state index contributed by atoms with van der Waals surface area (Å²) < 4.78 is 37.2. The average molecular weight is 370 g/mol. The van der Waals surface area contributed by atoms with Gasteiger partial charge in [-0.2, -0.15) is 4.31 Å². The topological polar surface area (TPSA) is 84.9 Å². The molecule has 1 fully saturated rings. The third-order valence-electron chi connectivity index (χ3n) is 4.22. The van der Waals surface area contributed by atoms with Crippen LogP contribution in [0, 0.1) is 0 Å². The molecule has 1 aliphatic heterocycles. The second kappa shape index (κ2) is 8.27. The molecule has 25 heavy (non-hydrogen) atoms. The Hall–Kier alpha value is -1.48. The van der Waals surface area contributed by atoms with E-state index in [9.17, 15) is 13.2 Å². The Labute approximate surface area is 149 Å². The molecule has 1 saturated heterocycles. The van der Waals surface area contributed by atoms with Crippen molar-refractivity contribution < 1.29 is 22.7 Å². The highest BCUT2D eigenvalue weighted by Gasteiger charge is 2.30. The molecule has 2 rings (SSSR count). The molecule has 0 bridgehead atoms. The highest BCUT2D eigenvalue weighted by atomic mass is 32.2. The molecule has 1 N–H and O–H groups in total. The van der Waals surface area contributed by atoms with Crippen LogP contribution in [0.5, 0.6) is 0 Å². The van der Waals surface area contributed by atoms with Gasteiger partial charge in [-0.1, -0.05) is 13.8 Å². The van der Waals surface area contributed by atoms with Crippen molar-refractivity contribution in [1.29, 1.82) is 0 Å². The molecule has 1 heterocycles. The van der Waals surface area contributed by atoms with E-state index in [1.54, 1.807) is 13.8 Å². The van der Waals surface area contributed by atoms with Crippen LogP contribution >= 0.6 is 0 Å². The SMILES string of the molecule is CCN(CC)S(=O)(=O)c1ccc(C(=O)NCCC2(C)OCCO2)cc1. The predicted octanol–water partition coefficient (Wildman–Crippen LogP) is 1.60. The Balaban J connectivity index is 1.96. The molecular formula is C17H26N2O5S. The summed E-state index contributed by atoms with van der Waals surface area (Å²) in [5.41, 5.74) is 0.414. The molecule has 0 aromatic heterocycles. The van der Waals surface area contributed by atoms with Crippen LogP contribution in [0.3, 0.4) is 0 Å². The summed E-state index contributed by atoms with van der Waals surface area (Å²) in [6, 6.07) is 5.98. The van der Waals surface area contributed by atoms with E-state index in [0.717, 1.165) is 0 Å². The van der Waals surface area contributed by atoms with E-state index >= 15 is 0 Å². The Bertz CT molecular complexity index is 677. The zero-order valence-corrected chi connectivity index (χ0v) is 15.8. The second-order valence-corrected chi connectivity index (χ2v) is 7.89. The van der Waals surface area contributed by atoms with Gasteiger partial charge in [0.25, 0.3) is 5.91 Å². The summed E-state index contributed by atoms with van der Waals surface area (Å²) in [6.07, 6.45) is 0.549. The van der Waals surface area contributed by atoms with Gasteiger partial charge in [0.15, 0.2) is 5.79 Å². The minimum Gasteiger partial charge on any atom is -0.352 e. The Kier molecular flexibility index (Phi) is 6.56. The lowest BCUT2D eigenvalue weighted by Gasteiger charge is -2.22. The van der Waals surface area contributed by atoms with Crippen LogP contribution in [0.1, 0.15) is 37.6 Å². The fourth-order valence-corrected chi connectivity index (χ4v) is 4.16. The van der Waals surface area contributed by atoms with Gasteiger partial charge in [0, 0.05) is 31.6 Å². The van der Waals surface area contributed by atoms with Crippen LogP contribution in [0.4, 0.5) is 0 Å². The molecule has 1 amide bonds. The van der Waals surface area contributed by atoms with Gasteiger partial charge in [-0.25, -0.2) is 8.42 Å². The molecule has 0 aliphatic carbocycles. The fraction of sp³-hybridized carbons (Fsp3) is 0.588. The largest absolute Gasteiger partial charge is 0.352 e. The van der Waals surface area contributed by atoms with Crippen molar-refractivity contribution >= 4 is 15.9 Å². The van der Waals surface area contributed by atoms with E-state index in [2.05, 4.69) is 5.32 Å². The lowest BCUT2D eigenvalue weighted by molar-refractivity contribution is -0.145. The zero-order valence-electron chi connectivity index (χ0n) is 14.9. The number of amides is 1. The van der Waals surface area contributed by atoms with Gasteiger partial charge in [-0.15, -0.1) is 0 Å². The van der Waals surface area contributed by atoms with Crippen LogP contribution in [0.25, 0.3) is 0 Å². The maximum atomic E-state index is 12.4. The third-order valence-corrected chi connectivity index (χ3v) is 6.29. The minimum absolute atomic E-state index is 0.188. The number of ether oxygens (including phenoxy) is 2. The van der Waals surface area contributed by atoms with Crippen LogP contribution in [0.15, 0.2) is 29.2 Å². The van der Waals surface area contributed by atoms with Gasteiger partial charge in [-0.05, 0) is 31.2 Å². The number of nitrogens with zero attached hydrogens (tertiary/aromatic N) is 1. The quantitative estimate of drug-likeness (QED) is 0.751. The zero-order chi connectivity index (χ0) is 18.5. The van der Waals surface area contributed by atoms with Gasteiger partial charge in [0.2, 0.25) is 10.0 Å². The van der Waals surface area contributed by atoms with E-state index in [4.69, 9.17) is 9.47 Å². The number of benzene rings is 1.